The molecular weight excluding hydrogens is 498 g/mol. The first-order valence-corrected chi connectivity index (χ1v) is 13.7. The Labute approximate surface area is 224 Å². The summed E-state index contributed by atoms with van der Waals surface area (Å²) in [6.45, 7) is 5.92. The van der Waals surface area contributed by atoms with Crippen molar-refractivity contribution in [3.05, 3.63) is 61.4 Å². The Kier molecular flexibility index (Phi) is 5.16. The second-order valence-corrected chi connectivity index (χ2v) is 11.5. The zero-order valence-electron chi connectivity index (χ0n) is 22.3. The second-order valence-electron chi connectivity index (χ2n) is 11.5. The van der Waals surface area contributed by atoms with E-state index in [1.54, 1.807) is 17.6 Å². The topological polar surface area (TPSA) is 131 Å². The predicted octanol–water partition coefficient (Wildman–Crippen LogP) is 2.57. The number of fused-ring (bicyclic) bond motifs is 5. The number of hydrogen-bond donors (Lipinski definition) is 3. The van der Waals surface area contributed by atoms with Gasteiger partial charge in [0, 0.05) is 16.5 Å². The SMILES string of the molecule is CC[C@@]1(O)C(=O)OCc2c1cc1n(c2=O)Cc2c-1nc1cc(C)c(C)c3c1c2[C@@H](NC(=O)[C@@H](O)C1CC1)CC3. The number of esters is 1. The summed E-state index contributed by atoms with van der Waals surface area (Å²) in [6.07, 6.45) is 2.21. The Balaban J connectivity index is 1.46. The summed E-state index contributed by atoms with van der Waals surface area (Å²) in [5.74, 6) is -1.10. The summed E-state index contributed by atoms with van der Waals surface area (Å²) >= 11 is 0. The second kappa shape index (κ2) is 8.22. The van der Waals surface area contributed by atoms with E-state index in [1.807, 2.05) is 6.07 Å². The zero-order chi connectivity index (χ0) is 27.4. The molecule has 1 aromatic carbocycles. The van der Waals surface area contributed by atoms with Gasteiger partial charge in [-0.25, -0.2) is 9.78 Å². The van der Waals surface area contributed by atoms with E-state index >= 15 is 0 Å². The molecule has 1 saturated carbocycles. The molecule has 0 radical (unpaired) electrons. The molecule has 4 aliphatic rings. The number of cyclic esters (lactones) is 1. The molecule has 3 atom stereocenters. The van der Waals surface area contributed by atoms with E-state index in [9.17, 15) is 24.6 Å². The molecule has 2 aromatic heterocycles. The molecule has 3 aromatic rings. The van der Waals surface area contributed by atoms with Crippen molar-refractivity contribution in [1.29, 1.82) is 0 Å². The largest absolute Gasteiger partial charge is 0.458 e. The normalized spacial score (nSPS) is 23.6. The number of aromatic nitrogens is 2. The number of pyridine rings is 2. The van der Waals surface area contributed by atoms with Crippen molar-refractivity contribution in [2.75, 3.05) is 0 Å². The van der Waals surface area contributed by atoms with Crippen LogP contribution in [0.15, 0.2) is 16.9 Å². The molecule has 9 heteroatoms. The van der Waals surface area contributed by atoms with E-state index in [1.165, 1.54) is 11.1 Å². The van der Waals surface area contributed by atoms with Gasteiger partial charge in [-0.05, 0) is 86.3 Å². The monoisotopic (exact) mass is 529 g/mol. The molecule has 1 amide bonds. The molecule has 0 spiro atoms. The van der Waals surface area contributed by atoms with Gasteiger partial charge in [0.1, 0.15) is 12.7 Å². The number of carbonyl (C=O) groups is 2. The maximum Gasteiger partial charge on any atom is 0.343 e. The van der Waals surface area contributed by atoms with Gasteiger partial charge >= 0.3 is 5.97 Å². The standard InChI is InChI=1S/C30H31N3O6/c1-4-30(38)19-10-22-25-17(11-33(22)28(36)18(19)12-39-29(30)37)24-20(32-27(35)26(34)15-5-6-15)8-7-16-14(3)13(2)9-21(31-25)23(16)24/h9-10,15,20,26,34,38H,4-8,11-12H2,1-3H3,(H,32,35)/t20-,26-,30-/m0/s1. The summed E-state index contributed by atoms with van der Waals surface area (Å²) < 4.78 is 6.84. The van der Waals surface area contributed by atoms with Gasteiger partial charge < -0.3 is 24.8 Å². The summed E-state index contributed by atoms with van der Waals surface area (Å²) in [4.78, 5) is 44.4. The predicted molar refractivity (Wildman–Crippen MR) is 142 cm³/mol. The van der Waals surface area contributed by atoms with Gasteiger partial charge in [-0.2, -0.15) is 0 Å². The number of nitrogens with one attached hydrogen (secondary N) is 1. The van der Waals surface area contributed by atoms with Gasteiger partial charge in [0.25, 0.3) is 5.56 Å². The van der Waals surface area contributed by atoms with Crippen LogP contribution in [0.1, 0.15) is 77.6 Å². The van der Waals surface area contributed by atoms with E-state index < -0.39 is 17.7 Å². The smallest absolute Gasteiger partial charge is 0.343 e. The lowest BCUT2D eigenvalue weighted by molar-refractivity contribution is -0.172. The maximum atomic E-state index is 13.7. The van der Waals surface area contributed by atoms with Crippen LogP contribution in [-0.4, -0.2) is 37.7 Å². The van der Waals surface area contributed by atoms with Crippen molar-refractivity contribution in [1.82, 2.24) is 14.9 Å². The highest BCUT2D eigenvalue weighted by atomic mass is 16.6. The molecule has 1 fully saturated rings. The number of benzene rings is 1. The van der Waals surface area contributed by atoms with E-state index in [-0.39, 0.29) is 54.1 Å². The van der Waals surface area contributed by atoms with Crippen molar-refractivity contribution >= 4 is 22.8 Å². The lowest BCUT2D eigenvalue weighted by atomic mass is 9.80. The van der Waals surface area contributed by atoms with Gasteiger partial charge in [0.2, 0.25) is 5.91 Å². The quantitative estimate of drug-likeness (QED) is 0.346. The first kappa shape index (κ1) is 24.5. The van der Waals surface area contributed by atoms with E-state index in [0.29, 0.717) is 17.8 Å². The summed E-state index contributed by atoms with van der Waals surface area (Å²) in [7, 11) is 0. The Bertz CT molecular complexity index is 1690. The fraction of sp³-hybridized carbons (Fsp3) is 0.467. The highest BCUT2D eigenvalue weighted by Gasteiger charge is 2.46. The first-order valence-electron chi connectivity index (χ1n) is 13.7. The van der Waals surface area contributed by atoms with Crippen molar-refractivity contribution in [3.8, 4) is 11.4 Å². The molecule has 0 saturated heterocycles. The van der Waals surface area contributed by atoms with Crippen molar-refractivity contribution in [3.63, 3.8) is 0 Å². The lowest BCUT2D eigenvalue weighted by Crippen LogP contribution is -2.44. The van der Waals surface area contributed by atoms with Crippen molar-refractivity contribution in [2.45, 2.75) is 83.8 Å². The van der Waals surface area contributed by atoms with Crippen LogP contribution in [0, 0.1) is 19.8 Å². The third-order valence-corrected chi connectivity index (χ3v) is 9.35. The van der Waals surface area contributed by atoms with Gasteiger partial charge in [0.15, 0.2) is 5.60 Å². The van der Waals surface area contributed by atoms with E-state index in [0.717, 1.165) is 46.9 Å². The Hall–Kier alpha value is -3.56. The van der Waals surface area contributed by atoms with Gasteiger partial charge in [-0.15, -0.1) is 0 Å². The number of aryl methyl sites for hydroxylation is 2. The number of aliphatic hydroxyl groups excluding tert-OH is 1. The zero-order valence-corrected chi connectivity index (χ0v) is 22.3. The van der Waals surface area contributed by atoms with Crippen molar-refractivity contribution < 1.29 is 24.5 Å². The summed E-state index contributed by atoms with van der Waals surface area (Å²) in [5, 5.41) is 25.9. The number of carbonyl (C=O) groups excluding carboxylic acids is 2. The summed E-state index contributed by atoms with van der Waals surface area (Å²) in [6, 6.07) is 3.42. The van der Waals surface area contributed by atoms with Crippen LogP contribution < -0.4 is 10.9 Å². The molecule has 2 aliphatic heterocycles. The Morgan fingerprint density at radius 2 is 1.97 bits per heavy atom. The van der Waals surface area contributed by atoms with Crippen LogP contribution in [0.4, 0.5) is 0 Å². The molecule has 3 N–H and O–H groups in total. The number of hydrogen-bond acceptors (Lipinski definition) is 7. The molecule has 2 aliphatic carbocycles. The summed E-state index contributed by atoms with van der Waals surface area (Å²) in [5.41, 5.74) is 5.59. The van der Waals surface area contributed by atoms with Crippen LogP contribution in [0.2, 0.25) is 0 Å². The van der Waals surface area contributed by atoms with E-state index in [2.05, 4.69) is 19.2 Å². The highest BCUT2D eigenvalue weighted by Crippen LogP contribution is 2.46. The number of aliphatic hydroxyl groups is 2. The minimum Gasteiger partial charge on any atom is -0.458 e. The molecule has 39 heavy (non-hydrogen) atoms. The Morgan fingerprint density at radius 3 is 2.69 bits per heavy atom. The lowest BCUT2D eigenvalue weighted by Gasteiger charge is -2.31. The fourth-order valence-electron chi connectivity index (χ4n) is 6.76. The molecule has 0 bridgehead atoms. The average molecular weight is 530 g/mol. The first-order chi connectivity index (χ1) is 18.6. The number of amides is 1. The van der Waals surface area contributed by atoms with E-state index in [4.69, 9.17) is 9.72 Å². The molecule has 0 unspecified atom stereocenters. The minimum absolute atomic E-state index is 0.0188. The molecule has 9 nitrogen and oxygen atoms in total. The number of rotatable bonds is 4. The molecule has 4 heterocycles. The van der Waals surface area contributed by atoms with Gasteiger partial charge in [0.05, 0.1) is 35.1 Å². The number of ether oxygens (including phenoxy) is 1. The van der Waals surface area contributed by atoms with Crippen LogP contribution in [0.25, 0.3) is 22.3 Å². The van der Waals surface area contributed by atoms with Gasteiger partial charge in [-0.3, -0.25) is 9.59 Å². The molecule has 202 valence electrons. The molecule has 7 rings (SSSR count). The number of nitrogens with zero attached hydrogens (tertiary/aromatic N) is 2. The Morgan fingerprint density at radius 1 is 1.21 bits per heavy atom. The van der Waals surface area contributed by atoms with Crippen LogP contribution in [0.5, 0.6) is 0 Å². The minimum atomic E-state index is -1.90. The van der Waals surface area contributed by atoms with Gasteiger partial charge in [-0.1, -0.05) is 6.92 Å². The third-order valence-electron chi connectivity index (χ3n) is 9.35. The van der Waals surface area contributed by atoms with Crippen LogP contribution in [-0.2, 0) is 39.5 Å². The average Bonchev–Trinajstić information content (AvgIpc) is 3.71. The third kappa shape index (κ3) is 3.32. The highest BCUT2D eigenvalue weighted by molar-refractivity contribution is 5.94. The fourth-order valence-corrected chi connectivity index (χ4v) is 6.76. The molecular formula is C30H31N3O6. The van der Waals surface area contributed by atoms with Crippen LogP contribution in [0.3, 0.4) is 0 Å². The maximum absolute atomic E-state index is 13.7. The van der Waals surface area contributed by atoms with Crippen molar-refractivity contribution in [2.24, 2.45) is 5.92 Å². The van der Waals surface area contributed by atoms with Crippen LogP contribution >= 0.6 is 0 Å².